The van der Waals surface area contributed by atoms with Crippen LogP contribution in [0.25, 0.3) is 0 Å². The first-order valence-corrected chi connectivity index (χ1v) is 6.04. The third kappa shape index (κ3) is 3.46. The summed E-state index contributed by atoms with van der Waals surface area (Å²) in [5.41, 5.74) is 6.82. The van der Waals surface area contributed by atoms with Crippen LogP contribution < -0.4 is 11.1 Å². The Morgan fingerprint density at radius 2 is 2.12 bits per heavy atom. The lowest BCUT2D eigenvalue weighted by molar-refractivity contribution is 0.315. The van der Waals surface area contributed by atoms with E-state index < -0.39 is 0 Å². The van der Waals surface area contributed by atoms with Gasteiger partial charge in [-0.25, -0.2) is 0 Å². The third-order valence-corrected chi connectivity index (χ3v) is 3.15. The van der Waals surface area contributed by atoms with Gasteiger partial charge in [-0.3, -0.25) is 0 Å². The van der Waals surface area contributed by atoms with Crippen molar-refractivity contribution < 1.29 is 5.21 Å². The lowest BCUT2D eigenvalue weighted by atomic mass is 9.98. The van der Waals surface area contributed by atoms with Crippen LogP contribution >= 0.6 is 0 Å². The Morgan fingerprint density at radius 3 is 2.71 bits per heavy atom. The van der Waals surface area contributed by atoms with Crippen LogP contribution in [0, 0.1) is 5.92 Å². The third-order valence-electron chi connectivity index (χ3n) is 3.15. The van der Waals surface area contributed by atoms with E-state index in [9.17, 15) is 0 Å². The van der Waals surface area contributed by atoms with Crippen molar-refractivity contribution in [1.82, 2.24) is 5.32 Å². The second-order valence-corrected chi connectivity index (χ2v) is 4.59. The number of nitrogens with two attached hydrogens (primary N) is 1. The van der Waals surface area contributed by atoms with Crippen molar-refractivity contribution in [3.8, 4) is 0 Å². The van der Waals surface area contributed by atoms with Gasteiger partial charge in [0.05, 0.1) is 5.92 Å². The van der Waals surface area contributed by atoms with Crippen LogP contribution in [0.4, 0.5) is 0 Å². The predicted octanol–water partition coefficient (Wildman–Crippen LogP) is 1.52. The molecule has 1 aliphatic rings. The zero-order chi connectivity index (χ0) is 12.1. The van der Waals surface area contributed by atoms with E-state index in [4.69, 9.17) is 10.9 Å². The number of nitrogens with zero attached hydrogens (tertiary/aromatic N) is 1. The molecule has 0 aromatic heterocycles. The lowest BCUT2D eigenvalue weighted by Crippen LogP contribution is -2.32. The number of oxime groups is 1. The van der Waals surface area contributed by atoms with Crippen molar-refractivity contribution in [2.45, 2.75) is 18.8 Å². The molecule has 1 aromatic rings. The summed E-state index contributed by atoms with van der Waals surface area (Å²) in [5.74, 6) is 1.04. The van der Waals surface area contributed by atoms with Gasteiger partial charge in [-0.2, -0.15) is 0 Å². The molecule has 4 nitrogen and oxygen atoms in total. The van der Waals surface area contributed by atoms with Gasteiger partial charge in [-0.05, 0) is 30.9 Å². The smallest absolute Gasteiger partial charge is 0.147 e. The molecule has 0 bridgehead atoms. The Bertz CT molecular complexity index is 374. The van der Waals surface area contributed by atoms with Gasteiger partial charge in [0.15, 0.2) is 0 Å². The van der Waals surface area contributed by atoms with E-state index in [1.165, 1.54) is 12.8 Å². The molecule has 0 radical (unpaired) electrons. The van der Waals surface area contributed by atoms with Crippen molar-refractivity contribution in [3.05, 3.63) is 35.9 Å². The zero-order valence-corrected chi connectivity index (χ0v) is 9.84. The number of hydrogen-bond donors (Lipinski definition) is 3. The molecule has 1 fully saturated rings. The zero-order valence-electron chi connectivity index (χ0n) is 9.84. The number of hydrogen-bond acceptors (Lipinski definition) is 3. The number of amidine groups is 1. The maximum Gasteiger partial charge on any atom is 0.147 e. The first-order valence-electron chi connectivity index (χ1n) is 6.04. The Kier molecular flexibility index (Phi) is 3.98. The molecule has 92 valence electrons. The van der Waals surface area contributed by atoms with E-state index in [0.29, 0.717) is 0 Å². The number of rotatable bonds is 6. The average Bonchev–Trinajstić information content (AvgIpc) is 3.19. The predicted molar refractivity (Wildman–Crippen MR) is 68.2 cm³/mol. The number of nitrogens with one attached hydrogen (secondary N) is 1. The summed E-state index contributed by atoms with van der Waals surface area (Å²) in [6.45, 7) is 1.75. The van der Waals surface area contributed by atoms with Crippen molar-refractivity contribution in [3.63, 3.8) is 0 Å². The summed E-state index contributed by atoms with van der Waals surface area (Å²) in [6, 6.07) is 9.90. The van der Waals surface area contributed by atoms with Gasteiger partial charge in [0.2, 0.25) is 0 Å². The molecule has 1 aromatic carbocycles. The van der Waals surface area contributed by atoms with Crippen molar-refractivity contribution in [1.29, 1.82) is 0 Å². The molecule has 4 N–H and O–H groups in total. The van der Waals surface area contributed by atoms with Gasteiger partial charge in [-0.15, -0.1) is 0 Å². The highest BCUT2D eigenvalue weighted by Gasteiger charge is 2.22. The van der Waals surface area contributed by atoms with E-state index in [2.05, 4.69) is 10.5 Å². The highest BCUT2D eigenvalue weighted by molar-refractivity contribution is 5.87. The molecular formula is C13H19N3O. The molecule has 2 rings (SSSR count). The minimum absolute atomic E-state index is 0.0556. The van der Waals surface area contributed by atoms with Crippen LogP contribution in [0.5, 0.6) is 0 Å². The first kappa shape index (κ1) is 11.9. The number of benzene rings is 1. The summed E-state index contributed by atoms with van der Waals surface area (Å²) >= 11 is 0. The highest BCUT2D eigenvalue weighted by Crippen LogP contribution is 2.27. The monoisotopic (exact) mass is 233 g/mol. The Balaban J connectivity index is 1.97. The maximum absolute atomic E-state index is 8.82. The van der Waals surface area contributed by atoms with E-state index in [-0.39, 0.29) is 11.8 Å². The van der Waals surface area contributed by atoms with Gasteiger partial charge in [-0.1, -0.05) is 35.5 Å². The largest absolute Gasteiger partial charge is 0.409 e. The Hall–Kier alpha value is -1.55. The molecule has 1 aliphatic carbocycles. The molecule has 1 saturated carbocycles. The highest BCUT2D eigenvalue weighted by atomic mass is 16.4. The maximum atomic E-state index is 8.82. The normalized spacial score (nSPS) is 18.0. The van der Waals surface area contributed by atoms with Gasteiger partial charge >= 0.3 is 0 Å². The lowest BCUT2D eigenvalue weighted by Gasteiger charge is -2.16. The van der Waals surface area contributed by atoms with Crippen LogP contribution in [-0.2, 0) is 0 Å². The van der Waals surface area contributed by atoms with Crippen molar-refractivity contribution in [2.24, 2.45) is 16.8 Å². The molecule has 0 aliphatic heterocycles. The molecule has 1 unspecified atom stereocenters. The summed E-state index contributed by atoms with van der Waals surface area (Å²) in [6.07, 6.45) is 2.65. The molecule has 0 heterocycles. The van der Waals surface area contributed by atoms with E-state index in [0.717, 1.165) is 24.6 Å². The minimum atomic E-state index is -0.0556. The average molecular weight is 233 g/mol. The van der Waals surface area contributed by atoms with Gasteiger partial charge in [0.25, 0.3) is 0 Å². The summed E-state index contributed by atoms with van der Waals surface area (Å²) < 4.78 is 0. The summed E-state index contributed by atoms with van der Waals surface area (Å²) in [7, 11) is 0. The molecule has 0 spiro atoms. The Morgan fingerprint density at radius 1 is 1.41 bits per heavy atom. The molecule has 4 heteroatoms. The molecule has 1 atom stereocenters. The van der Waals surface area contributed by atoms with E-state index in [1.807, 2.05) is 30.3 Å². The van der Waals surface area contributed by atoms with Gasteiger partial charge in [0, 0.05) is 6.54 Å². The second kappa shape index (κ2) is 5.68. The summed E-state index contributed by atoms with van der Waals surface area (Å²) in [4.78, 5) is 0. The second-order valence-electron chi connectivity index (χ2n) is 4.59. The minimum Gasteiger partial charge on any atom is -0.409 e. The van der Waals surface area contributed by atoms with E-state index >= 15 is 0 Å². The standard InChI is InChI=1S/C13H19N3O/c14-13(16-17)12(9-15-8-10-6-7-10)11-4-2-1-3-5-11/h1-5,10,12,15,17H,6-9H2,(H2,14,16). The Labute approximate surface area is 102 Å². The molecule has 17 heavy (non-hydrogen) atoms. The van der Waals surface area contributed by atoms with Crippen molar-refractivity contribution in [2.75, 3.05) is 13.1 Å². The molecule has 0 saturated heterocycles. The SMILES string of the molecule is NC(=NO)C(CNCC1CC1)c1ccccc1. The van der Waals surface area contributed by atoms with Gasteiger partial charge in [0.1, 0.15) is 5.84 Å². The first-order chi connectivity index (χ1) is 8.31. The van der Waals surface area contributed by atoms with Crippen LogP contribution in [0.15, 0.2) is 35.5 Å². The fraction of sp³-hybridized carbons (Fsp3) is 0.462. The van der Waals surface area contributed by atoms with Crippen LogP contribution in [0.1, 0.15) is 24.3 Å². The summed E-state index contributed by atoms with van der Waals surface area (Å²) in [5, 5.41) is 15.3. The molecule has 0 amide bonds. The fourth-order valence-electron chi connectivity index (χ4n) is 1.90. The fourth-order valence-corrected chi connectivity index (χ4v) is 1.90. The topological polar surface area (TPSA) is 70.6 Å². The van der Waals surface area contributed by atoms with Crippen LogP contribution in [0.3, 0.4) is 0 Å². The van der Waals surface area contributed by atoms with Crippen LogP contribution in [0.2, 0.25) is 0 Å². The quantitative estimate of drug-likeness (QED) is 0.302. The van der Waals surface area contributed by atoms with Crippen LogP contribution in [-0.4, -0.2) is 24.1 Å². The molecular weight excluding hydrogens is 214 g/mol. The van der Waals surface area contributed by atoms with E-state index in [1.54, 1.807) is 0 Å². The van der Waals surface area contributed by atoms with Gasteiger partial charge < -0.3 is 16.3 Å². The van der Waals surface area contributed by atoms with Crippen molar-refractivity contribution >= 4 is 5.84 Å².